The van der Waals surface area contributed by atoms with Crippen molar-refractivity contribution >= 4 is 15.9 Å². The third-order valence-corrected chi connectivity index (χ3v) is 3.38. The predicted octanol–water partition coefficient (Wildman–Crippen LogP) is 2.45. The Morgan fingerprint density at radius 3 is 3.00 bits per heavy atom. The molecule has 3 nitrogen and oxygen atoms in total. The number of ether oxygens (including phenoxy) is 1. The molecule has 1 saturated heterocycles. The molecule has 1 aliphatic heterocycles. The van der Waals surface area contributed by atoms with Crippen molar-refractivity contribution in [2.75, 3.05) is 13.2 Å². The molecule has 1 aromatic rings. The van der Waals surface area contributed by atoms with Crippen molar-refractivity contribution in [3.63, 3.8) is 0 Å². The lowest BCUT2D eigenvalue weighted by Crippen LogP contribution is -2.46. The Bertz CT molecular complexity index is 341. The molecule has 1 aromatic heterocycles. The summed E-state index contributed by atoms with van der Waals surface area (Å²) in [5.74, 6) is 0. The van der Waals surface area contributed by atoms with E-state index in [0.717, 1.165) is 24.3 Å². The minimum absolute atomic E-state index is 0.333. The van der Waals surface area contributed by atoms with Gasteiger partial charge in [0.2, 0.25) is 0 Å². The van der Waals surface area contributed by atoms with Crippen LogP contribution in [-0.2, 0) is 11.3 Å². The lowest BCUT2D eigenvalue weighted by Gasteiger charge is -2.36. The molecule has 1 aliphatic rings. The lowest BCUT2D eigenvalue weighted by molar-refractivity contribution is -0.0527. The van der Waals surface area contributed by atoms with Gasteiger partial charge in [0, 0.05) is 25.3 Å². The molecule has 4 heteroatoms. The van der Waals surface area contributed by atoms with Crippen molar-refractivity contribution in [1.29, 1.82) is 0 Å². The molecular weight excluding hydrogens is 268 g/mol. The summed E-state index contributed by atoms with van der Waals surface area (Å²) >= 11 is 3.35. The fourth-order valence-electron chi connectivity index (χ4n) is 1.93. The van der Waals surface area contributed by atoms with Gasteiger partial charge in [-0.15, -0.1) is 0 Å². The average molecular weight is 285 g/mol. The van der Waals surface area contributed by atoms with Crippen LogP contribution in [0.3, 0.4) is 0 Å². The second kappa shape index (κ2) is 5.25. The van der Waals surface area contributed by atoms with Gasteiger partial charge in [0.1, 0.15) is 4.60 Å². The maximum absolute atomic E-state index is 5.61. The van der Waals surface area contributed by atoms with Crippen molar-refractivity contribution < 1.29 is 4.74 Å². The smallest absolute Gasteiger partial charge is 0.106 e. The molecule has 0 N–H and O–H groups in total. The number of aromatic nitrogens is 1. The van der Waals surface area contributed by atoms with Crippen LogP contribution in [0, 0.1) is 0 Å². The van der Waals surface area contributed by atoms with E-state index in [0.29, 0.717) is 12.1 Å². The second-order valence-corrected chi connectivity index (χ2v) is 5.22. The zero-order valence-corrected chi connectivity index (χ0v) is 11.3. The summed E-state index contributed by atoms with van der Waals surface area (Å²) in [4.78, 5) is 6.69. The molecule has 2 heterocycles. The first-order valence-corrected chi connectivity index (χ1v) is 6.40. The maximum atomic E-state index is 5.61. The Morgan fingerprint density at radius 2 is 2.31 bits per heavy atom. The van der Waals surface area contributed by atoms with E-state index in [4.69, 9.17) is 4.74 Å². The summed E-state index contributed by atoms with van der Waals surface area (Å²) in [6.45, 7) is 7.11. The summed E-state index contributed by atoms with van der Waals surface area (Å²) in [5, 5.41) is 0. The van der Waals surface area contributed by atoms with Crippen LogP contribution in [0.5, 0.6) is 0 Å². The number of nitrogens with zero attached hydrogens (tertiary/aromatic N) is 2. The van der Waals surface area contributed by atoms with Crippen LogP contribution >= 0.6 is 15.9 Å². The van der Waals surface area contributed by atoms with Crippen LogP contribution in [0.4, 0.5) is 0 Å². The zero-order valence-electron chi connectivity index (χ0n) is 9.69. The van der Waals surface area contributed by atoms with Gasteiger partial charge in [-0.3, -0.25) is 4.90 Å². The average Bonchev–Trinajstić information content (AvgIpc) is 2.27. The maximum Gasteiger partial charge on any atom is 0.106 e. The van der Waals surface area contributed by atoms with E-state index in [-0.39, 0.29) is 0 Å². The van der Waals surface area contributed by atoms with Crippen LogP contribution in [0.15, 0.2) is 22.9 Å². The largest absolute Gasteiger partial charge is 0.376 e. The molecule has 0 spiro atoms. The van der Waals surface area contributed by atoms with Crippen LogP contribution in [-0.4, -0.2) is 35.2 Å². The zero-order chi connectivity index (χ0) is 11.5. The SMILES string of the molecule is CC1CN(Cc2ccc(Br)nc2)C(C)CO1. The van der Waals surface area contributed by atoms with Crippen molar-refractivity contribution in [2.45, 2.75) is 32.5 Å². The second-order valence-electron chi connectivity index (χ2n) is 4.41. The van der Waals surface area contributed by atoms with E-state index in [1.165, 1.54) is 5.56 Å². The minimum atomic E-state index is 0.333. The highest BCUT2D eigenvalue weighted by molar-refractivity contribution is 9.10. The fraction of sp³-hybridized carbons (Fsp3) is 0.583. The Hall–Kier alpha value is -0.450. The molecule has 2 unspecified atom stereocenters. The lowest BCUT2D eigenvalue weighted by atomic mass is 10.1. The van der Waals surface area contributed by atoms with Gasteiger partial charge >= 0.3 is 0 Å². The number of hydrogen-bond acceptors (Lipinski definition) is 3. The van der Waals surface area contributed by atoms with Gasteiger partial charge in [0.05, 0.1) is 12.7 Å². The first-order valence-electron chi connectivity index (χ1n) is 5.61. The minimum Gasteiger partial charge on any atom is -0.376 e. The van der Waals surface area contributed by atoms with E-state index in [1.807, 2.05) is 12.3 Å². The molecule has 0 radical (unpaired) electrons. The molecule has 2 rings (SSSR count). The van der Waals surface area contributed by atoms with Gasteiger partial charge in [-0.05, 0) is 41.4 Å². The summed E-state index contributed by atoms with van der Waals surface area (Å²) < 4.78 is 6.50. The van der Waals surface area contributed by atoms with Crippen molar-refractivity contribution in [1.82, 2.24) is 9.88 Å². The summed E-state index contributed by atoms with van der Waals surface area (Å²) in [6.07, 6.45) is 2.26. The van der Waals surface area contributed by atoms with Crippen LogP contribution in [0.2, 0.25) is 0 Å². The van der Waals surface area contributed by atoms with Crippen LogP contribution in [0.1, 0.15) is 19.4 Å². The van der Waals surface area contributed by atoms with Gasteiger partial charge < -0.3 is 4.74 Å². The van der Waals surface area contributed by atoms with E-state index in [1.54, 1.807) is 0 Å². The number of pyridine rings is 1. The molecule has 16 heavy (non-hydrogen) atoms. The van der Waals surface area contributed by atoms with Gasteiger partial charge in [-0.2, -0.15) is 0 Å². The highest BCUT2D eigenvalue weighted by Crippen LogP contribution is 2.15. The molecule has 0 aliphatic carbocycles. The fourth-order valence-corrected chi connectivity index (χ4v) is 2.16. The van der Waals surface area contributed by atoms with Gasteiger partial charge in [-0.25, -0.2) is 4.98 Å². The molecule has 1 fully saturated rings. The summed E-state index contributed by atoms with van der Waals surface area (Å²) in [5.41, 5.74) is 1.25. The number of hydrogen-bond donors (Lipinski definition) is 0. The standard InChI is InChI=1S/C12H17BrN2O/c1-9-8-16-10(2)6-15(9)7-11-3-4-12(13)14-5-11/h3-5,9-10H,6-8H2,1-2H3. The van der Waals surface area contributed by atoms with E-state index >= 15 is 0 Å². The summed E-state index contributed by atoms with van der Waals surface area (Å²) in [6, 6.07) is 4.59. The topological polar surface area (TPSA) is 25.4 Å². The van der Waals surface area contributed by atoms with Crippen molar-refractivity contribution in [3.8, 4) is 0 Å². The molecule has 0 bridgehead atoms. The highest BCUT2D eigenvalue weighted by atomic mass is 79.9. The molecule has 0 saturated carbocycles. The Morgan fingerprint density at radius 1 is 1.50 bits per heavy atom. The van der Waals surface area contributed by atoms with Gasteiger partial charge in [0.25, 0.3) is 0 Å². The van der Waals surface area contributed by atoms with Crippen LogP contribution < -0.4 is 0 Å². The molecular formula is C12H17BrN2O. The number of halogens is 1. The number of morpholine rings is 1. The van der Waals surface area contributed by atoms with Crippen LogP contribution in [0.25, 0.3) is 0 Å². The normalized spacial score (nSPS) is 26.9. The third-order valence-electron chi connectivity index (χ3n) is 2.91. The molecule has 88 valence electrons. The first kappa shape index (κ1) is 12.0. The molecule has 0 aromatic carbocycles. The van der Waals surface area contributed by atoms with E-state index < -0.39 is 0 Å². The van der Waals surface area contributed by atoms with Gasteiger partial charge in [-0.1, -0.05) is 6.07 Å². The Labute approximate surface area is 105 Å². The van der Waals surface area contributed by atoms with E-state index in [2.05, 4.69) is 45.7 Å². The first-order chi connectivity index (χ1) is 7.65. The molecule has 0 amide bonds. The Balaban J connectivity index is 2.00. The highest BCUT2D eigenvalue weighted by Gasteiger charge is 2.23. The third kappa shape index (κ3) is 3.03. The van der Waals surface area contributed by atoms with E-state index in [9.17, 15) is 0 Å². The van der Waals surface area contributed by atoms with Gasteiger partial charge in [0.15, 0.2) is 0 Å². The number of rotatable bonds is 2. The molecule has 2 atom stereocenters. The predicted molar refractivity (Wildman–Crippen MR) is 67.2 cm³/mol. The monoisotopic (exact) mass is 284 g/mol. The Kier molecular flexibility index (Phi) is 3.95. The summed E-state index contributed by atoms with van der Waals surface area (Å²) in [7, 11) is 0. The van der Waals surface area contributed by atoms with Crippen molar-refractivity contribution in [2.24, 2.45) is 0 Å². The van der Waals surface area contributed by atoms with Crippen molar-refractivity contribution in [3.05, 3.63) is 28.5 Å². The quantitative estimate of drug-likeness (QED) is 0.780.